The van der Waals surface area contributed by atoms with Gasteiger partial charge in [0, 0.05) is 42.8 Å². The Hall–Kier alpha value is -3.30. The quantitative estimate of drug-likeness (QED) is 0.455. The van der Waals surface area contributed by atoms with Crippen molar-refractivity contribution in [2.75, 3.05) is 26.2 Å². The lowest BCUT2D eigenvalue weighted by Gasteiger charge is -2.31. The van der Waals surface area contributed by atoms with Crippen LogP contribution in [0.4, 0.5) is 8.78 Å². The highest BCUT2D eigenvalue weighted by Crippen LogP contribution is 2.37. The van der Waals surface area contributed by atoms with Crippen molar-refractivity contribution < 1.29 is 23.1 Å². The van der Waals surface area contributed by atoms with E-state index >= 15 is 0 Å². The van der Waals surface area contributed by atoms with Crippen LogP contribution >= 0.6 is 11.6 Å². The number of carbonyl (C=O) groups is 2. The molecule has 1 saturated heterocycles. The molecule has 5 rings (SSSR count). The third-order valence-corrected chi connectivity index (χ3v) is 7.41. The first-order chi connectivity index (χ1) is 18.2. The van der Waals surface area contributed by atoms with E-state index in [-0.39, 0.29) is 52.8 Å². The summed E-state index contributed by atoms with van der Waals surface area (Å²) in [6, 6.07) is 7.02. The van der Waals surface area contributed by atoms with Gasteiger partial charge in [-0.2, -0.15) is 0 Å². The summed E-state index contributed by atoms with van der Waals surface area (Å²) in [7, 11) is 0. The molecule has 7 nitrogen and oxygen atoms in total. The lowest BCUT2D eigenvalue weighted by molar-refractivity contribution is -0.122. The number of ether oxygens (including phenoxy) is 1. The number of aryl methyl sites for hydroxylation is 1. The summed E-state index contributed by atoms with van der Waals surface area (Å²) in [4.78, 5) is 40.5. The SMILES string of the molecule is Cc1ccc(OCC(=O)CN2CCC(NC(=O)c3cn(C4CC4)c4cc(Cl)c(F)cc4c3=O)CC2)cc1F. The molecular weight excluding hydrogens is 516 g/mol. The second-order valence-electron chi connectivity index (χ2n) is 10.1. The first-order valence-corrected chi connectivity index (χ1v) is 13.0. The highest BCUT2D eigenvalue weighted by Gasteiger charge is 2.29. The minimum absolute atomic E-state index is 0.0200. The van der Waals surface area contributed by atoms with E-state index in [1.807, 2.05) is 9.47 Å². The minimum atomic E-state index is -0.700. The summed E-state index contributed by atoms with van der Waals surface area (Å²) in [5, 5.41) is 3.01. The van der Waals surface area contributed by atoms with Gasteiger partial charge in [-0.15, -0.1) is 0 Å². The standard InChI is InChI=1S/C28H28ClF2N3O4/c1-16-2-5-20(10-24(16)30)38-15-19(35)13-33-8-6-17(7-9-33)32-28(37)22-14-34(18-3-4-18)26-12-23(29)25(31)11-21(26)27(22)36/h2,5,10-12,14,17-18H,3-4,6-9,13,15H2,1H3,(H,32,37). The van der Waals surface area contributed by atoms with Gasteiger partial charge < -0.3 is 14.6 Å². The molecule has 0 spiro atoms. The molecule has 1 aliphatic heterocycles. The number of amides is 1. The van der Waals surface area contributed by atoms with E-state index in [1.54, 1.807) is 25.3 Å². The zero-order valence-corrected chi connectivity index (χ0v) is 21.7. The Balaban J connectivity index is 1.17. The van der Waals surface area contributed by atoms with Crippen molar-refractivity contribution in [3.63, 3.8) is 0 Å². The lowest BCUT2D eigenvalue weighted by atomic mass is 10.0. The fourth-order valence-corrected chi connectivity index (χ4v) is 4.94. The molecule has 1 aliphatic carbocycles. The molecular formula is C28H28ClF2N3O4. The zero-order chi connectivity index (χ0) is 27.0. The molecule has 1 aromatic heterocycles. The molecule has 0 atom stereocenters. The number of hydrogen-bond acceptors (Lipinski definition) is 5. The second kappa shape index (κ2) is 10.8. The van der Waals surface area contributed by atoms with E-state index in [4.69, 9.17) is 16.3 Å². The summed E-state index contributed by atoms with van der Waals surface area (Å²) in [5.41, 5.74) is 0.483. The number of fused-ring (bicyclic) bond motifs is 1. The molecule has 2 aromatic carbocycles. The monoisotopic (exact) mass is 543 g/mol. The molecule has 0 unspecified atom stereocenters. The lowest BCUT2D eigenvalue weighted by Crippen LogP contribution is -2.47. The van der Waals surface area contributed by atoms with Crippen LogP contribution in [0.1, 0.15) is 47.6 Å². The van der Waals surface area contributed by atoms with E-state index in [2.05, 4.69) is 5.32 Å². The highest BCUT2D eigenvalue weighted by molar-refractivity contribution is 6.31. The molecule has 2 aliphatic rings. The Bertz CT molecular complexity index is 1460. The number of pyridine rings is 1. The van der Waals surface area contributed by atoms with Gasteiger partial charge in [0.05, 0.1) is 17.1 Å². The van der Waals surface area contributed by atoms with Gasteiger partial charge in [-0.25, -0.2) is 8.78 Å². The molecule has 200 valence electrons. The van der Waals surface area contributed by atoms with Crippen molar-refractivity contribution in [1.82, 2.24) is 14.8 Å². The average molecular weight is 544 g/mol. The number of benzene rings is 2. The van der Waals surface area contributed by atoms with Crippen LogP contribution in [-0.4, -0.2) is 53.4 Å². The van der Waals surface area contributed by atoms with E-state index < -0.39 is 17.2 Å². The van der Waals surface area contributed by atoms with Crippen molar-refractivity contribution >= 4 is 34.2 Å². The largest absolute Gasteiger partial charge is 0.486 e. The Morgan fingerprint density at radius 1 is 1.08 bits per heavy atom. The topological polar surface area (TPSA) is 80.6 Å². The maximum absolute atomic E-state index is 14.1. The number of likely N-dealkylation sites (tertiary alicyclic amines) is 1. The van der Waals surface area contributed by atoms with Crippen LogP contribution in [0.5, 0.6) is 5.75 Å². The molecule has 38 heavy (non-hydrogen) atoms. The van der Waals surface area contributed by atoms with Crippen LogP contribution in [0.15, 0.2) is 41.3 Å². The van der Waals surface area contributed by atoms with Gasteiger partial charge in [0.15, 0.2) is 5.78 Å². The Morgan fingerprint density at radius 2 is 1.82 bits per heavy atom. The Morgan fingerprint density at radius 3 is 2.50 bits per heavy atom. The third kappa shape index (κ3) is 5.73. The van der Waals surface area contributed by atoms with Crippen molar-refractivity contribution in [2.45, 2.75) is 44.7 Å². The predicted octanol–water partition coefficient (Wildman–Crippen LogP) is 4.42. The smallest absolute Gasteiger partial charge is 0.256 e. The Labute approximate surface area is 223 Å². The summed E-state index contributed by atoms with van der Waals surface area (Å²) in [6.07, 6.45) is 4.60. The molecule has 0 bridgehead atoms. The number of piperidine rings is 1. The van der Waals surface area contributed by atoms with Crippen molar-refractivity contribution in [3.05, 3.63) is 74.5 Å². The Kier molecular flexibility index (Phi) is 7.49. The van der Waals surface area contributed by atoms with Crippen molar-refractivity contribution in [2.24, 2.45) is 0 Å². The van der Waals surface area contributed by atoms with Gasteiger partial charge in [0.2, 0.25) is 5.43 Å². The van der Waals surface area contributed by atoms with E-state index in [9.17, 15) is 23.2 Å². The second-order valence-corrected chi connectivity index (χ2v) is 10.5. The normalized spacial score (nSPS) is 16.5. The third-order valence-electron chi connectivity index (χ3n) is 7.12. The van der Waals surface area contributed by atoms with Gasteiger partial charge in [-0.3, -0.25) is 19.3 Å². The van der Waals surface area contributed by atoms with Gasteiger partial charge in [0.25, 0.3) is 5.91 Å². The first-order valence-electron chi connectivity index (χ1n) is 12.7. The van der Waals surface area contributed by atoms with Gasteiger partial charge in [0.1, 0.15) is 29.6 Å². The molecule has 10 heteroatoms. The maximum atomic E-state index is 14.1. The summed E-state index contributed by atoms with van der Waals surface area (Å²) in [6.45, 7) is 2.87. The van der Waals surface area contributed by atoms with E-state index in [1.165, 1.54) is 12.1 Å². The molecule has 0 radical (unpaired) electrons. The zero-order valence-electron chi connectivity index (χ0n) is 20.9. The molecule has 2 heterocycles. The minimum Gasteiger partial charge on any atom is -0.486 e. The van der Waals surface area contributed by atoms with Crippen molar-refractivity contribution in [3.8, 4) is 5.75 Å². The molecule has 1 saturated carbocycles. The average Bonchev–Trinajstić information content (AvgIpc) is 3.73. The molecule has 2 fully saturated rings. The van der Waals surface area contributed by atoms with Gasteiger partial charge >= 0.3 is 0 Å². The van der Waals surface area contributed by atoms with Crippen LogP contribution < -0.4 is 15.5 Å². The molecule has 1 N–H and O–H groups in total. The predicted molar refractivity (Wildman–Crippen MR) is 140 cm³/mol. The number of aromatic nitrogens is 1. The number of ketones is 1. The van der Waals surface area contributed by atoms with Gasteiger partial charge in [-0.05, 0) is 56.4 Å². The van der Waals surface area contributed by atoms with Crippen LogP contribution in [-0.2, 0) is 4.79 Å². The highest BCUT2D eigenvalue weighted by atomic mass is 35.5. The van der Waals surface area contributed by atoms with Crippen LogP contribution in [0.3, 0.4) is 0 Å². The number of nitrogens with zero attached hydrogens (tertiary/aromatic N) is 2. The summed E-state index contributed by atoms with van der Waals surface area (Å²) >= 11 is 5.95. The van der Waals surface area contributed by atoms with Crippen LogP contribution in [0.25, 0.3) is 10.9 Å². The van der Waals surface area contributed by atoms with Crippen LogP contribution in [0, 0.1) is 18.6 Å². The maximum Gasteiger partial charge on any atom is 0.256 e. The molecule has 1 amide bonds. The van der Waals surface area contributed by atoms with E-state index in [0.29, 0.717) is 42.8 Å². The summed E-state index contributed by atoms with van der Waals surface area (Å²) in [5.74, 6) is -1.39. The molecule has 3 aromatic rings. The fraction of sp³-hybridized carbons (Fsp3) is 0.393. The van der Waals surface area contributed by atoms with Gasteiger partial charge in [-0.1, -0.05) is 17.7 Å². The first kappa shape index (κ1) is 26.3. The number of rotatable bonds is 8. The van der Waals surface area contributed by atoms with Crippen LogP contribution in [0.2, 0.25) is 5.02 Å². The number of nitrogens with one attached hydrogen (secondary N) is 1. The number of halogens is 3. The fourth-order valence-electron chi connectivity index (χ4n) is 4.78. The summed E-state index contributed by atoms with van der Waals surface area (Å²) < 4.78 is 35.1. The number of carbonyl (C=O) groups excluding carboxylic acids is 2. The van der Waals surface area contributed by atoms with E-state index in [0.717, 1.165) is 18.9 Å². The number of Topliss-reactive ketones (excluding diaryl/α,β-unsaturated/α-hetero) is 1. The number of hydrogen-bond donors (Lipinski definition) is 1. The van der Waals surface area contributed by atoms with Crippen molar-refractivity contribution in [1.29, 1.82) is 0 Å².